The topological polar surface area (TPSA) is 79.5 Å². The molecule has 1 aromatic heterocycles. The van der Waals surface area contributed by atoms with Crippen molar-refractivity contribution in [3.8, 4) is 0 Å². The Bertz CT molecular complexity index is 281. The molecule has 0 spiro atoms. The fraction of sp³-hybridized carbons (Fsp3) is 0.600. The van der Waals surface area contributed by atoms with Gasteiger partial charge in [-0.25, -0.2) is 4.68 Å². The molecule has 6 nitrogen and oxygen atoms in total. The van der Waals surface area contributed by atoms with Gasteiger partial charge in [-0.2, -0.15) is 0 Å². The van der Waals surface area contributed by atoms with Crippen molar-refractivity contribution < 1.29 is 0 Å². The van der Waals surface area contributed by atoms with Crippen LogP contribution in [0.4, 0.5) is 5.82 Å². The van der Waals surface area contributed by atoms with Gasteiger partial charge >= 0.3 is 0 Å². The molecule has 0 unspecified atom stereocenters. The van der Waals surface area contributed by atoms with Gasteiger partial charge in [0.1, 0.15) is 0 Å². The molecule has 0 radical (unpaired) electrons. The predicted octanol–water partition coefficient (Wildman–Crippen LogP) is 1.80. The highest BCUT2D eigenvalue weighted by Crippen LogP contribution is 2.08. The van der Waals surface area contributed by atoms with Gasteiger partial charge in [0.25, 0.3) is 0 Å². The van der Waals surface area contributed by atoms with Gasteiger partial charge in [0.05, 0.1) is 6.20 Å². The molecule has 0 saturated carbocycles. The summed E-state index contributed by atoms with van der Waals surface area (Å²) in [4.78, 5) is 2.59. The standard InChI is InChI=1S/C5H8N6/c1-4(2)11-3-5(7-9-6)8-10-11/h3-4H,1-2H3. The Morgan fingerprint density at radius 2 is 2.45 bits per heavy atom. The van der Waals surface area contributed by atoms with Gasteiger partial charge in [0.2, 0.25) is 0 Å². The second-order valence-corrected chi connectivity index (χ2v) is 2.34. The van der Waals surface area contributed by atoms with Crippen molar-refractivity contribution in [3.05, 3.63) is 16.6 Å². The first kappa shape index (κ1) is 7.56. The molecule has 58 valence electrons. The summed E-state index contributed by atoms with van der Waals surface area (Å²) < 4.78 is 1.63. The van der Waals surface area contributed by atoms with Gasteiger partial charge in [0, 0.05) is 11.0 Å². The van der Waals surface area contributed by atoms with E-state index >= 15 is 0 Å². The van der Waals surface area contributed by atoms with E-state index in [1.54, 1.807) is 10.9 Å². The minimum absolute atomic E-state index is 0.241. The van der Waals surface area contributed by atoms with Crippen LogP contribution in [0.3, 0.4) is 0 Å². The maximum absolute atomic E-state index is 8.05. The number of nitrogens with zero attached hydrogens (tertiary/aromatic N) is 6. The second kappa shape index (κ2) is 3.03. The molecule has 0 atom stereocenters. The molecular formula is C5H8N6. The number of rotatable bonds is 2. The summed E-state index contributed by atoms with van der Waals surface area (Å²) in [5.74, 6) is 0.307. The van der Waals surface area contributed by atoms with Crippen LogP contribution in [0.5, 0.6) is 0 Å². The van der Waals surface area contributed by atoms with Crippen molar-refractivity contribution in [2.75, 3.05) is 0 Å². The number of aromatic nitrogens is 3. The van der Waals surface area contributed by atoms with Crippen LogP contribution in [0.2, 0.25) is 0 Å². The summed E-state index contributed by atoms with van der Waals surface area (Å²) >= 11 is 0. The maximum Gasteiger partial charge on any atom is 0.169 e. The molecule has 0 fully saturated rings. The van der Waals surface area contributed by atoms with E-state index in [9.17, 15) is 0 Å². The summed E-state index contributed by atoms with van der Waals surface area (Å²) in [5.41, 5.74) is 8.05. The Morgan fingerprint density at radius 1 is 1.73 bits per heavy atom. The van der Waals surface area contributed by atoms with Crippen molar-refractivity contribution >= 4 is 5.82 Å². The maximum atomic E-state index is 8.05. The van der Waals surface area contributed by atoms with Crippen LogP contribution in [0.15, 0.2) is 11.3 Å². The van der Waals surface area contributed by atoms with Crippen LogP contribution in [0.1, 0.15) is 19.9 Å². The lowest BCUT2D eigenvalue weighted by molar-refractivity contribution is 0.514. The predicted molar refractivity (Wildman–Crippen MR) is 39.2 cm³/mol. The summed E-state index contributed by atoms with van der Waals surface area (Å²) in [7, 11) is 0. The van der Waals surface area contributed by atoms with Gasteiger partial charge in [-0.3, -0.25) is 0 Å². The highest BCUT2D eigenvalue weighted by atomic mass is 15.5. The van der Waals surface area contributed by atoms with E-state index in [1.807, 2.05) is 13.8 Å². The molecule has 1 rings (SSSR count). The van der Waals surface area contributed by atoms with Gasteiger partial charge in [-0.05, 0) is 24.5 Å². The van der Waals surface area contributed by atoms with Gasteiger partial charge in [-0.1, -0.05) is 5.21 Å². The molecule has 0 aliphatic rings. The zero-order chi connectivity index (χ0) is 8.27. The number of azide groups is 1. The third kappa shape index (κ3) is 1.68. The highest BCUT2D eigenvalue weighted by molar-refractivity contribution is 5.19. The van der Waals surface area contributed by atoms with E-state index in [1.165, 1.54) is 0 Å². The fourth-order valence-electron chi connectivity index (χ4n) is 0.611. The minimum Gasteiger partial charge on any atom is -0.250 e. The van der Waals surface area contributed by atoms with Gasteiger partial charge in [0.15, 0.2) is 5.82 Å². The third-order valence-electron chi connectivity index (χ3n) is 1.17. The average Bonchev–Trinajstić information content (AvgIpc) is 2.37. The van der Waals surface area contributed by atoms with E-state index in [4.69, 9.17) is 5.53 Å². The lowest BCUT2D eigenvalue weighted by atomic mass is 10.4. The Balaban J connectivity index is 2.90. The van der Waals surface area contributed by atoms with Gasteiger partial charge in [-0.15, -0.1) is 5.10 Å². The highest BCUT2D eigenvalue weighted by Gasteiger charge is 1.99. The van der Waals surface area contributed by atoms with E-state index in [0.29, 0.717) is 5.82 Å². The van der Waals surface area contributed by atoms with Crippen molar-refractivity contribution in [2.24, 2.45) is 5.11 Å². The first-order valence-corrected chi connectivity index (χ1v) is 3.21. The van der Waals surface area contributed by atoms with Crippen molar-refractivity contribution in [1.29, 1.82) is 0 Å². The molecule has 1 aromatic rings. The van der Waals surface area contributed by atoms with Crippen LogP contribution in [0, 0.1) is 0 Å². The largest absolute Gasteiger partial charge is 0.250 e. The fourth-order valence-corrected chi connectivity index (χ4v) is 0.611. The number of hydrogen-bond acceptors (Lipinski definition) is 3. The zero-order valence-corrected chi connectivity index (χ0v) is 6.34. The third-order valence-corrected chi connectivity index (χ3v) is 1.17. The van der Waals surface area contributed by atoms with Gasteiger partial charge < -0.3 is 0 Å². The molecule has 0 aliphatic heterocycles. The quantitative estimate of drug-likeness (QED) is 0.368. The lowest BCUT2D eigenvalue weighted by Crippen LogP contribution is -2.00. The Morgan fingerprint density at radius 3 is 2.91 bits per heavy atom. The lowest BCUT2D eigenvalue weighted by Gasteiger charge is -2.00. The first-order chi connectivity index (χ1) is 5.24. The molecule has 0 aliphatic carbocycles. The van der Waals surface area contributed by atoms with Crippen LogP contribution in [-0.4, -0.2) is 15.0 Å². The van der Waals surface area contributed by atoms with Crippen LogP contribution < -0.4 is 0 Å². The SMILES string of the molecule is CC(C)n1cc(N=[N+]=[N-])nn1. The summed E-state index contributed by atoms with van der Waals surface area (Å²) in [5, 5.41) is 10.7. The Kier molecular flexibility index (Phi) is 2.08. The molecule has 11 heavy (non-hydrogen) atoms. The Labute approximate surface area is 63.5 Å². The van der Waals surface area contributed by atoms with Crippen molar-refractivity contribution in [2.45, 2.75) is 19.9 Å². The second-order valence-electron chi connectivity index (χ2n) is 2.34. The summed E-state index contributed by atoms with van der Waals surface area (Å²) in [6, 6.07) is 0.241. The monoisotopic (exact) mass is 152 g/mol. The van der Waals surface area contributed by atoms with Crippen LogP contribution in [-0.2, 0) is 0 Å². The Hall–Kier alpha value is -1.55. The van der Waals surface area contributed by atoms with E-state index < -0.39 is 0 Å². The molecule has 0 saturated heterocycles. The van der Waals surface area contributed by atoms with Crippen molar-refractivity contribution in [3.63, 3.8) is 0 Å². The zero-order valence-electron chi connectivity index (χ0n) is 6.34. The van der Waals surface area contributed by atoms with Crippen molar-refractivity contribution in [1.82, 2.24) is 15.0 Å². The summed E-state index contributed by atoms with van der Waals surface area (Å²) in [6.07, 6.45) is 1.60. The average molecular weight is 152 g/mol. The minimum atomic E-state index is 0.241. The van der Waals surface area contributed by atoms with Crippen LogP contribution in [0.25, 0.3) is 10.4 Å². The smallest absolute Gasteiger partial charge is 0.169 e. The first-order valence-electron chi connectivity index (χ1n) is 3.21. The van der Waals surface area contributed by atoms with E-state index in [-0.39, 0.29) is 6.04 Å². The van der Waals surface area contributed by atoms with E-state index in [2.05, 4.69) is 20.3 Å². The molecule has 0 bridgehead atoms. The molecule has 0 aromatic carbocycles. The van der Waals surface area contributed by atoms with Crippen LogP contribution >= 0.6 is 0 Å². The van der Waals surface area contributed by atoms with E-state index in [0.717, 1.165) is 0 Å². The normalized spacial score (nSPS) is 9.73. The molecular weight excluding hydrogens is 144 g/mol. The molecule has 0 N–H and O–H groups in total. The molecule has 6 heteroatoms. The molecule has 0 amide bonds. The summed E-state index contributed by atoms with van der Waals surface area (Å²) in [6.45, 7) is 3.93. The number of hydrogen-bond donors (Lipinski definition) is 0. The molecule has 1 heterocycles.